The van der Waals surface area contributed by atoms with Gasteiger partial charge in [-0.25, -0.2) is 9.97 Å². The Morgan fingerprint density at radius 1 is 1.06 bits per heavy atom. The van der Waals surface area contributed by atoms with Crippen molar-refractivity contribution in [2.24, 2.45) is 13.0 Å². The summed E-state index contributed by atoms with van der Waals surface area (Å²) in [7, 11) is 3.43. The zero-order valence-corrected chi connectivity index (χ0v) is 19.4. The number of carbonyl (C=O) groups is 2. The van der Waals surface area contributed by atoms with Crippen LogP contribution in [0.15, 0.2) is 36.8 Å². The summed E-state index contributed by atoms with van der Waals surface area (Å²) in [5.41, 5.74) is 1.27. The van der Waals surface area contributed by atoms with Crippen molar-refractivity contribution >= 4 is 28.7 Å². The number of nitrogens with one attached hydrogen (secondary N) is 1. The average Bonchev–Trinajstić information content (AvgIpc) is 3.23. The Labute approximate surface area is 192 Å². The van der Waals surface area contributed by atoms with E-state index in [2.05, 4.69) is 25.3 Å². The van der Waals surface area contributed by atoms with Gasteiger partial charge in [-0.15, -0.1) is 0 Å². The summed E-state index contributed by atoms with van der Waals surface area (Å²) in [6, 6.07) is 6.24. The second kappa shape index (κ2) is 9.43. The molecule has 2 aromatic heterocycles. The molecular formula is C23H29N7O3. The number of ether oxygens (including phenoxy) is 1. The van der Waals surface area contributed by atoms with Crippen LogP contribution in [0.1, 0.15) is 24.2 Å². The lowest BCUT2D eigenvalue weighted by Gasteiger charge is -2.37. The summed E-state index contributed by atoms with van der Waals surface area (Å²) in [5.74, 6) is 1.11. The topological polar surface area (TPSA) is 105 Å². The van der Waals surface area contributed by atoms with Crippen LogP contribution in [0.3, 0.4) is 0 Å². The number of amides is 2. The Kier molecular flexibility index (Phi) is 6.43. The highest BCUT2D eigenvalue weighted by atomic mass is 16.5. The van der Waals surface area contributed by atoms with Gasteiger partial charge in [-0.2, -0.15) is 5.10 Å². The van der Waals surface area contributed by atoms with Crippen molar-refractivity contribution in [3.05, 3.63) is 42.4 Å². The number of methoxy groups -OCH3 is 1. The highest BCUT2D eigenvalue weighted by Gasteiger charge is 2.31. The molecule has 0 bridgehead atoms. The van der Waals surface area contributed by atoms with Gasteiger partial charge in [0.2, 0.25) is 5.91 Å². The van der Waals surface area contributed by atoms with Crippen LogP contribution in [-0.4, -0.2) is 75.8 Å². The largest absolute Gasteiger partial charge is 0.497 e. The van der Waals surface area contributed by atoms with Crippen LogP contribution in [0.5, 0.6) is 5.75 Å². The first-order valence-electron chi connectivity index (χ1n) is 11.0. The molecule has 1 aliphatic rings. The first-order valence-corrected chi connectivity index (χ1v) is 11.0. The number of fused-ring (bicyclic) bond motifs is 1. The van der Waals surface area contributed by atoms with Gasteiger partial charge < -0.3 is 19.9 Å². The van der Waals surface area contributed by atoms with Crippen LogP contribution in [-0.2, 0) is 11.8 Å². The van der Waals surface area contributed by atoms with Crippen molar-refractivity contribution in [2.75, 3.05) is 38.2 Å². The van der Waals surface area contributed by atoms with Gasteiger partial charge in [0.1, 0.15) is 23.9 Å². The SMILES string of the molecule is COc1ccc(C(=O)NC(C(=O)N2CCN(c3ncnc4c3cnn4C)CC2)C(C)C)cc1. The van der Waals surface area contributed by atoms with E-state index in [-0.39, 0.29) is 17.7 Å². The Bertz CT molecular complexity index is 1130. The van der Waals surface area contributed by atoms with Gasteiger partial charge in [-0.1, -0.05) is 13.8 Å². The fourth-order valence-corrected chi connectivity index (χ4v) is 4.02. The third-order valence-corrected chi connectivity index (χ3v) is 5.97. The van der Waals surface area contributed by atoms with E-state index >= 15 is 0 Å². The minimum absolute atomic E-state index is 0.0467. The molecule has 0 aliphatic carbocycles. The van der Waals surface area contributed by atoms with E-state index in [0.29, 0.717) is 37.5 Å². The highest BCUT2D eigenvalue weighted by molar-refractivity contribution is 5.97. The normalized spacial score (nSPS) is 15.1. The fraction of sp³-hybridized carbons (Fsp3) is 0.435. The van der Waals surface area contributed by atoms with Crippen molar-refractivity contribution in [1.82, 2.24) is 30.0 Å². The van der Waals surface area contributed by atoms with Crippen LogP contribution in [0.25, 0.3) is 11.0 Å². The fourth-order valence-electron chi connectivity index (χ4n) is 4.02. The molecule has 1 unspecified atom stereocenters. The molecule has 1 N–H and O–H groups in total. The number of anilines is 1. The number of rotatable bonds is 6. The molecule has 3 heterocycles. The maximum atomic E-state index is 13.3. The molecule has 3 aromatic rings. The van der Waals surface area contributed by atoms with E-state index < -0.39 is 6.04 Å². The molecule has 0 saturated carbocycles. The van der Waals surface area contributed by atoms with Crippen molar-refractivity contribution in [3.8, 4) is 5.75 Å². The van der Waals surface area contributed by atoms with Gasteiger partial charge >= 0.3 is 0 Å². The van der Waals surface area contributed by atoms with Crippen LogP contribution in [0, 0.1) is 5.92 Å². The van der Waals surface area contributed by atoms with E-state index in [0.717, 1.165) is 16.9 Å². The molecule has 4 rings (SSSR count). The van der Waals surface area contributed by atoms with Crippen molar-refractivity contribution in [2.45, 2.75) is 19.9 Å². The molecule has 1 saturated heterocycles. The summed E-state index contributed by atoms with van der Waals surface area (Å²) in [6.07, 6.45) is 3.31. The molecule has 33 heavy (non-hydrogen) atoms. The van der Waals surface area contributed by atoms with Crippen LogP contribution >= 0.6 is 0 Å². The monoisotopic (exact) mass is 451 g/mol. The standard InChI is InChI=1S/C23H29N7O3/c1-15(2)19(27-22(31)16-5-7-17(33-4)8-6-16)23(32)30-11-9-29(10-12-30)21-18-13-26-28(3)20(18)24-14-25-21/h5-8,13-15,19H,9-12H2,1-4H3,(H,27,31). The summed E-state index contributed by atoms with van der Waals surface area (Å²) < 4.78 is 6.86. The van der Waals surface area contributed by atoms with E-state index in [4.69, 9.17) is 4.74 Å². The first-order chi connectivity index (χ1) is 15.9. The second-order valence-corrected chi connectivity index (χ2v) is 8.44. The number of nitrogens with zero attached hydrogens (tertiary/aromatic N) is 6. The Hall–Kier alpha value is -3.69. The lowest BCUT2D eigenvalue weighted by molar-refractivity contribution is -0.134. The highest BCUT2D eigenvalue weighted by Crippen LogP contribution is 2.23. The smallest absolute Gasteiger partial charge is 0.251 e. The minimum Gasteiger partial charge on any atom is -0.497 e. The summed E-state index contributed by atoms with van der Waals surface area (Å²) in [6.45, 7) is 6.26. The number of aromatic nitrogens is 4. The van der Waals surface area contributed by atoms with E-state index in [1.54, 1.807) is 48.6 Å². The number of hydrogen-bond donors (Lipinski definition) is 1. The lowest BCUT2D eigenvalue weighted by Crippen LogP contribution is -2.56. The number of aryl methyl sites for hydroxylation is 1. The zero-order valence-electron chi connectivity index (χ0n) is 19.4. The molecule has 1 atom stereocenters. The van der Waals surface area contributed by atoms with Gasteiger partial charge in [0.05, 0.1) is 18.7 Å². The van der Waals surface area contributed by atoms with Crippen molar-refractivity contribution in [1.29, 1.82) is 0 Å². The average molecular weight is 452 g/mol. The number of benzene rings is 1. The van der Waals surface area contributed by atoms with Crippen molar-refractivity contribution in [3.63, 3.8) is 0 Å². The Morgan fingerprint density at radius 2 is 1.76 bits per heavy atom. The quantitative estimate of drug-likeness (QED) is 0.605. The van der Waals surface area contributed by atoms with Gasteiger partial charge in [0.15, 0.2) is 5.65 Å². The van der Waals surface area contributed by atoms with Gasteiger partial charge in [-0.05, 0) is 30.2 Å². The number of hydrogen-bond acceptors (Lipinski definition) is 7. The van der Waals surface area contributed by atoms with Crippen LogP contribution in [0.4, 0.5) is 5.82 Å². The predicted molar refractivity (Wildman–Crippen MR) is 124 cm³/mol. The van der Waals surface area contributed by atoms with E-state index in [9.17, 15) is 9.59 Å². The molecule has 0 radical (unpaired) electrons. The molecule has 1 aromatic carbocycles. The predicted octanol–water partition coefficient (Wildman–Crippen LogP) is 1.48. The third kappa shape index (κ3) is 4.59. The Morgan fingerprint density at radius 3 is 2.39 bits per heavy atom. The maximum Gasteiger partial charge on any atom is 0.251 e. The minimum atomic E-state index is -0.602. The molecule has 174 valence electrons. The molecule has 2 amide bonds. The molecular weight excluding hydrogens is 422 g/mol. The molecule has 1 fully saturated rings. The molecule has 10 nitrogen and oxygen atoms in total. The lowest BCUT2D eigenvalue weighted by atomic mass is 10.0. The summed E-state index contributed by atoms with van der Waals surface area (Å²) in [5, 5.41) is 8.09. The van der Waals surface area contributed by atoms with Crippen LogP contribution < -0.4 is 15.0 Å². The Balaban J connectivity index is 1.41. The van der Waals surface area contributed by atoms with Crippen molar-refractivity contribution < 1.29 is 14.3 Å². The van der Waals surface area contributed by atoms with Gasteiger partial charge in [-0.3, -0.25) is 14.3 Å². The summed E-state index contributed by atoms with van der Waals surface area (Å²) in [4.78, 5) is 38.8. The first kappa shape index (κ1) is 22.5. The molecule has 10 heteroatoms. The molecule has 1 aliphatic heterocycles. The maximum absolute atomic E-state index is 13.3. The van der Waals surface area contributed by atoms with Gasteiger partial charge in [0, 0.05) is 38.8 Å². The van der Waals surface area contributed by atoms with Crippen LogP contribution in [0.2, 0.25) is 0 Å². The van der Waals surface area contributed by atoms with Gasteiger partial charge in [0.25, 0.3) is 5.91 Å². The van der Waals surface area contributed by atoms with E-state index in [1.165, 1.54) is 0 Å². The number of piperazine rings is 1. The van der Waals surface area contributed by atoms with E-state index in [1.807, 2.05) is 25.8 Å². The third-order valence-electron chi connectivity index (χ3n) is 5.97. The second-order valence-electron chi connectivity index (χ2n) is 8.44. The number of carbonyl (C=O) groups excluding carboxylic acids is 2. The molecule has 0 spiro atoms. The zero-order chi connectivity index (χ0) is 23.5. The summed E-state index contributed by atoms with van der Waals surface area (Å²) >= 11 is 0.